The summed E-state index contributed by atoms with van der Waals surface area (Å²) in [5.74, 6) is 0.872. The van der Waals surface area contributed by atoms with Crippen LogP contribution < -0.4 is 0 Å². The molecule has 0 saturated heterocycles. The van der Waals surface area contributed by atoms with Crippen LogP contribution in [0.15, 0.2) is 0 Å². The van der Waals surface area contributed by atoms with E-state index in [-0.39, 0.29) is 31.1 Å². The molecule has 0 amide bonds. The van der Waals surface area contributed by atoms with E-state index in [1.165, 1.54) is 186 Å². The predicted molar refractivity (Wildman–Crippen MR) is 256 cm³/mol. The summed E-state index contributed by atoms with van der Waals surface area (Å²) in [4.78, 5) is 37.9. The van der Waals surface area contributed by atoms with Crippen LogP contribution in [0.2, 0.25) is 0 Å². The SMILES string of the molecule is CCCCCCCCCCCCC(=O)OC[C@@H](COC(=O)CCCCCCCCC(C)CC)OC(=O)CCCCCCCCCCCCCCCCCCCCC(C)CC. The monoisotopic (exact) mass is 849 g/mol. The van der Waals surface area contributed by atoms with Crippen molar-refractivity contribution in [2.24, 2.45) is 11.8 Å². The molecule has 0 saturated carbocycles. The van der Waals surface area contributed by atoms with E-state index in [1.807, 2.05) is 0 Å². The van der Waals surface area contributed by atoms with Crippen LogP contribution in [0.3, 0.4) is 0 Å². The van der Waals surface area contributed by atoms with E-state index in [4.69, 9.17) is 14.2 Å². The summed E-state index contributed by atoms with van der Waals surface area (Å²) in [6.07, 6.45) is 48.1. The molecule has 0 aromatic carbocycles. The third-order valence-electron chi connectivity index (χ3n) is 12.9. The molecule has 60 heavy (non-hydrogen) atoms. The van der Waals surface area contributed by atoms with E-state index in [2.05, 4.69) is 34.6 Å². The Hall–Kier alpha value is -1.59. The number of carbonyl (C=O) groups excluding carboxylic acids is 3. The van der Waals surface area contributed by atoms with Crippen molar-refractivity contribution in [1.29, 1.82) is 0 Å². The van der Waals surface area contributed by atoms with Gasteiger partial charge in [-0.2, -0.15) is 0 Å². The van der Waals surface area contributed by atoms with Gasteiger partial charge >= 0.3 is 17.9 Å². The van der Waals surface area contributed by atoms with E-state index in [9.17, 15) is 14.4 Å². The number of hydrogen-bond acceptors (Lipinski definition) is 6. The van der Waals surface area contributed by atoms with Crippen molar-refractivity contribution < 1.29 is 28.6 Å². The lowest BCUT2D eigenvalue weighted by Crippen LogP contribution is -2.30. The maximum atomic E-state index is 12.8. The number of unbranched alkanes of at least 4 members (excludes halogenated alkanes) is 31. The van der Waals surface area contributed by atoms with Crippen LogP contribution in [0.4, 0.5) is 0 Å². The normalized spacial score (nSPS) is 12.9. The summed E-state index contributed by atoms with van der Waals surface area (Å²) < 4.78 is 16.8. The molecule has 6 nitrogen and oxygen atoms in total. The second-order valence-corrected chi connectivity index (χ2v) is 19.0. The van der Waals surface area contributed by atoms with E-state index in [0.29, 0.717) is 19.3 Å². The molecule has 0 aromatic heterocycles. The smallest absolute Gasteiger partial charge is 0.306 e. The van der Waals surface area contributed by atoms with Gasteiger partial charge in [-0.15, -0.1) is 0 Å². The summed E-state index contributed by atoms with van der Waals surface area (Å²) in [5.41, 5.74) is 0. The van der Waals surface area contributed by atoms with Gasteiger partial charge in [0.05, 0.1) is 0 Å². The van der Waals surface area contributed by atoms with Crippen LogP contribution in [0.5, 0.6) is 0 Å². The van der Waals surface area contributed by atoms with Gasteiger partial charge in [-0.1, -0.05) is 259 Å². The van der Waals surface area contributed by atoms with Crippen LogP contribution in [-0.4, -0.2) is 37.2 Å². The highest BCUT2D eigenvalue weighted by Crippen LogP contribution is 2.18. The highest BCUT2D eigenvalue weighted by Gasteiger charge is 2.19. The van der Waals surface area contributed by atoms with Gasteiger partial charge in [0.2, 0.25) is 0 Å². The van der Waals surface area contributed by atoms with Crippen LogP contribution >= 0.6 is 0 Å². The number of ether oxygens (including phenoxy) is 3. The topological polar surface area (TPSA) is 78.9 Å². The molecule has 0 aliphatic heterocycles. The van der Waals surface area contributed by atoms with Gasteiger partial charge in [0.25, 0.3) is 0 Å². The molecule has 2 unspecified atom stereocenters. The predicted octanol–water partition coefficient (Wildman–Crippen LogP) is 17.3. The van der Waals surface area contributed by atoms with E-state index < -0.39 is 6.10 Å². The summed E-state index contributed by atoms with van der Waals surface area (Å²) >= 11 is 0. The van der Waals surface area contributed by atoms with E-state index >= 15 is 0 Å². The summed E-state index contributed by atoms with van der Waals surface area (Å²) in [7, 11) is 0. The molecule has 0 radical (unpaired) electrons. The lowest BCUT2D eigenvalue weighted by atomic mass is 9.99. The molecule has 0 heterocycles. The van der Waals surface area contributed by atoms with E-state index in [0.717, 1.165) is 69.6 Å². The van der Waals surface area contributed by atoms with Crippen LogP contribution in [0.25, 0.3) is 0 Å². The molecule has 0 aromatic rings. The number of esters is 3. The van der Waals surface area contributed by atoms with Gasteiger partial charge in [0.1, 0.15) is 13.2 Å². The molecule has 356 valence electrons. The molecular weight excluding hydrogens is 745 g/mol. The lowest BCUT2D eigenvalue weighted by Gasteiger charge is -2.18. The molecule has 3 atom stereocenters. The first-order chi connectivity index (χ1) is 29.3. The van der Waals surface area contributed by atoms with Crippen LogP contribution in [-0.2, 0) is 28.6 Å². The first kappa shape index (κ1) is 58.4. The fraction of sp³-hybridized carbons (Fsp3) is 0.944. The van der Waals surface area contributed by atoms with Crippen molar-refractivity contribution in [3.63, 3.8) is 0 Å². The van der Waals surface area contributed by atoms with Crippen molar-refractivity contribution >= 4 is 17.9 Å². The molecule has 0 spiro atoms. The molecule has 0 N–H and O–H groups in total. The number of carbonyl (C=O) groups is 3. The van der Waals surface area contributed by atoms with Gasteiger partial charge in [0.15, 0.2) is 6.10 Å². The Labute approximate surface area is 374 Å². The van der Waals surface area contributed by atoms with Crippen molar-refractivity contribution in [3.8, 4) is 0 Å². The Balaban J connectivity index is 4.19. The quantitative estimate of drug-likeness (QED) is 0.0345. The second-order valence-electron chi connectivity index (χ2n) is 19.0. The minimum absolute atomic E-state index is 0.0644. The van der Waals surface area contributed by atoms with E-state index in [1.54, 1.807) is 0 Å². The zero-order valence-electron chi connectivity index (χ0n) is 41.1. The highest BCUT2D eigenvalue weighted by atomic mass is 16.6. The summed E-state index contributed by atoms with van der Waals surface area (Å²) in [5, 5.41) is 0. The molecule has 6 heteroatoms. The standard InChI is InChI=1S/C54H104O6/c1-6-9-10-11-12-13-25-28-34-39-44-52(55)58-47-51(48-59-53(56)45-40-35-31-30-33-38-43-50(5)8-3)60-54(57)46-41-36-29-26-23-21-19-17-15-14-16-18-20-22-24-27-32-37-42-49(4)7-2/h49-51H,6-48H2,1-5H3/t49?,50?,51-/m0/s1. The Morgan fingerprint density at radius 2 is 0.583 bits per heavy atom. The fourth-order valence-electron chi connectivity index (χ4n) is 8.10. The second kappa shape index (κ2) is 46.9. The Morgan fingerprint density at radius 1 is 0.333 bits per heavy atom. The third-order valence-corrected chi connectivity index (χ3v) is 12.9. The van der Waals surface area contributed by atoms with Gasteiger partial charge in [-0.05, 0) is 31.1 Å². The molecule has 0 fully saturated rings. The minimum atomic E-state index is -0.761. The number of rotatable bonds is 48. The van der Waals surface area contributed by atoms with Crippen molar-refractivity contribution in [1.82, 2.24) is 0 Å². The van der Waals surface area contributed by atoms with Crippen molar-refractivity contribution in [3.05, 3.63) is 0 Å². The first-order valence-corrected chi connectivity index (χ1v) is 26.8. The summed E-state index contributed by atoms with van der Waals surface area (Å²) in [6.45, 7) is 11.4. The molecule has 0 bridgehead atoms. The zero-order chi connectivity index (χ0) is 44.0. The Kier molecular flexibility index (Phi) is 45.7. The highest BCUT2D eigenvalue weighted by molar-refractivity contribution is 5.71. The molecule has 0 aliphatic carbocycles. The average Bonchev–Trinajstić information content (AvgIpc) is 3.25. The van der Waals surface area contributed by atoms with Gasteiger partial charge in [-0.25, -0.2) is 0 Å². The third kappa shape index (κ3) is 44.5. The van der Waals surface area contributed by atoms with Crippen molar-refractivity contribution in [2.75, 3.05) is 13.2 Å². The average molecular weight is 849 g/mol. The zero-order valence-corrected chi connectivity index (χ0v) is 41.1. The molecule has 0 rings (SSSR count). The molecule has 0 aliphatic rings. The fourth-order valence-corrected chi connectivity index (χ4v) is 8.10. The Morgan fingerprint density at radius 3 is 0.867 bits per heavy atom. The molecular formula is C54H104O6. The van der Waals surface area contributed by atoms with Gasteiger partial charge in [0, 0.05) is 19.3 Å². The minimum Gasteiger partial charge on any atom is -0.462 e. The maximum absolute atomic E-state index is 12.8. The van der Waals surface area contributed by atoms with Gasteiger partial charge in [-0.3, -0.25) is 14.4 Å². The maximum Gasteiger partial charge on any atom is 0.306 e. The van der Waals surface area contributed by atoms with Gasteiger partial charge < -0.3 is 14.2 Å². The van der Waals surface area contributed by atoms with Crippen LogP contribution in [0.1, 0.15) is 298 Å². The first-order valence-electron chi connectivity index (χ1n) is 26.8. The Bertz CT molecular complexity index is 920. The lowest BCUT2D eigenvalue weighted by molar-refractivity contribution is -0.167. The van der Waals surface area contributed by atoms with Crippen molar-refractivity contribution in [2.45, 2.75) is 304 Å². The van der Waals surface area contributed by atoms with Crippen LogP contribution in [0, 0.1) is 11.8 Å². The summed E-state index contributed by atoms with van der Waals surface area (Å²) in [6, 6.07) is 0. The largest absolute Gasteiger partial charge is 0.462 e. The number of hydrogen-bond donors (Lipinski definition) is 0.